The second kappa shape index (κ2) is 6.62. The lowest BCUT2D eigenvalue weighted by atomic mass is 10.2. The summed E-state index contributed by atoms with van der Waals surface area (Å²) >= 11 is 0. The third kappa shape index (κ3) is 4.63. The molecule has 0 aliphatic carbocycles. The summed E-state index contributed by atoms with van der Waals surface area (Å²) in [5.74, 6) is -0.541. The van der Waals surface area contributed by atoms with Crippen LogP contribution in [-0.4, -0.2) is 30.0 Å². The van der Waals surface area contributed by atoms with E-state index in [2.05, 4.69) is 10.3 Å². The molecule has 5 nitrogen and oxygen atoms in total. The van der Waals surface area contributed by atoms with Gasteiger partial charge < -0.3 is 10.1 Å². The lowest BCUT2D eigenvalue weighted by molar-refractivity contribution is -0.142. The molecular weight excluding hydrogens is 220 g/mol. The van der Waals surface area contributed by atoms with Crippen LogP contribution in [0.4, 0.5) is 0 Å². The summed E-state index contributed by atoms with van der Waals surface area (Å²) in [5, 5.41) is 2.64. The molecule has 17 heavy (non-hydrogen) atoms. The van der Waals surface area contributed by atoms with Gasteiger partial charge in [0.15, 0.2) is 0 Å². The van der Waals surface area contributed by atoms with E-state index in [0.29, 0.717) is 12.2 Å². The molecule has 0 saturated heterocycles. The summed E-state index contributed by atoms with van der Waals surface area (Å²) in [7, 11) is 0. The van der Waals surface area contributed by atoms with Crippen LogP contribution in [-0.2, 0) is 9.53 Å². The normalized spacial score (nSPS) is 9.76. The summed E-state index contributed by atoms with van der Waals surface area (Å²) in [5.41, 5.74) is 1.41. The van der Waals surface area contributed by atoms with Crippen LogP contribution < -0.4 is 5.32 Å². The first-order valence-electron chi connectivity index (χ1n) is 5.49. The number of nitrogens with one attached hydrogen (secondary N) is 1. The SMILES string of the molecule is CCOC(=O)CCNC(=O)c1cncc(C)c1. The number of carbonyl (C=O) groups is 2. The van der Waals surface area contributed by atoms with Crippen LogP contribution >= 0.6 is 0 Å². The Kier molecular flexibility index (Phi) is 5.13. The average Bonchev–Trinajstić information content (AvgIpc) is 2.29. The minimum atomic E-state index is -0.310. The molecule has 0 spiro atoms. The van der Waals surface area contributed by atoms with Gasteiger partial charge in [0.25, 0.3) is 5.91 Å². The molecule has 92 valence electrons. The molecule has 1 aromatic rings. The molecule has 1 amide bonds. The predicted octanol–water partition coefficient (Wildman–Crippen LogP) is 1.07. The predicted molar refractivity (Wildman–Crippen MR) is 62.6 cm³/mol. The number of amides is 1. The molecule has 0 radical (unpaired) electrons. The molecule has 0 atom stereocenters. The van der Waals surface area contributed by atoms with Crippen molar-refractivity contribution in [2.75, 3.05) is 13.2 Å². The van der Waals surface area contributed by atoms with Crippen molar-refractivity contribution in [2.24, 2.45) is 0 Å². The molecule has 0 aliphatic rings. The van der Waals surface area contributed by atoms with Crippen molar-refractivity contribution >= 4 is 11.9 Å². The molecule has 0 aliphatic heterocycles. The first kappa shape index (κ1) is 13.2. The molecule has 0 saturated carbocycles. The number of ether oxygens (including phenoxy) is 1. The molecule has 1 rings (SSSR count). The molecule has 5 heteroatoms. The lowest BCUT2D eigenvalue weighted by Gasteiger charge is -2.05. The van der Waals surface area contributed by atoms with E-state index >= 15 is 0 Å². The van der Waals surface area contributed by atoms with Crippen molar-refractivity contribution in [3.63, 3.8) is 0 Å². The van der Waals surface area contributed by atoms with Crippen molar-refractivity contribution < 1.29 is 14.3 Å². The molecular formula is C12H16N2O3. The van der Waals surface area contributed by atoms with Gasteiger partial charge in [-0.1, -0.05) is 0 Å². The molecule has 0 aromatic carbocycles. The maximum Gasteiger partial charge on any atom is 0.307 e. The van der Waals surface area contributed by atoms with Crippen molar-refractivity contribution in [3.8, 4) is 0 Å². The summed E-state index contributed by atoms with van der Waals surface area (Å²) < 4.78 is 4.75. The second-order valence-electron chi connectivity index (χ2n) is 3.56. The highest BCUT2D eigenvalue weighted by molar-refractivity contribution is 5.94. The summed E-state index contributed by atoms with van der Waals surface area (Å²) in [6, 6.07) is 1.74. The van der Waals surface area contributed by atoms with Gasteiger partial charge in [0, 0.05) is 18.9 Å². The van der Waals surface area contributed by atoms with Crippen LogP contribution in [0.3, 0.4) is 0 Å². The number of esters is 1. The van der Waals surface area contributed by atoms with E-state index in [9.17, 15) is 9.59 Å². The van der Waals surface area contributed by atoms with E-state index in [4.69, 9.17) is 4.74 Å². The fourth-order valence-corrected chi connectivity index (χ4v) is 1.29. The van der Waals surface area contributed by atoms with Crippen LogP contribution in [0.1, 0.15) is 29.3 Å². The van der Waals surface area contributed by atoms with E-state index < -0.39 is 0 Å². The maximum atomic E-state index is 11.6. The number of aromatic nitrogens is 1. The lowest BCUT2D eigenvalue weighted by Crippen LogP contribution is -2.26. The Morgan fingerprint density at radius 3 is 2.82 bits per heavy atom. The van der Waals surface area contributed by atoms with E-state index in [-0.39, 0.29) is 24.8 Å². The van der Waals surface area contributed by atoms with E-state index in [1.54, 1.807) is 19.2 Å². The Bertz CT molecular complexity index is 404. The molecule has 1 aromatic heterocycles. The fourth-order valence-electron chi connectivity index (χ4n) is 1.29. The molecule has 0 fully saturated rings. The zero-order valence-corrected chi connectivity index (χ0v) is 10.0. The largest absolute Gasteiger partial charge is 0.466 e. The number of aryl methyl sites for hydroxylation is 1. The molecule has 0 unspecified atom stereocenters. The highest BCUT2D eigenvalue weighted by Crippen LogP contribution is 2.00. The topological polar surface area (TPSA) is 68.3 Å². The van der Waals surface area contributed by atoms with Gasteiger partial charge in [-0.15, -0.1) is 0 Å². The first-order valence-corrected chi connectivity index (χ1v) is 5.49. The van der Waals surface area contributed by atoms with Crippen LogP contribution in [0.2, 0.25) is 0 Å². The van der Waals surface area contributed by atoms with Crippen molar-refractivity contribution in [1.82, 2.24) is 10.3 Å². The smallest absolute Gasteiger partial charge is 0.307 e. The standard InChI is InChI=1S/C12H16N2O3/c1-3-17-11(15)4-5-14-12(16)10-6-9(2)7-13-8-10/h6-8H,3-5H2,1-2H3,(H,14,16). The molecule has 1 N–H and O–H groups in total. The Labute approximate surface area is 100 Å². The Morgan fingerprint density at radius 1 is 1.41 bits per heavy atom. The second-order valence-corrected chi connectivity index (χ2v) is 3.56. The third-order valence-electron chi connectivity index (χ3n) is 2.06. The Morgan fingerprint density at radius 2 is 2.18 bits per heavy atom. The summed E-state index contributed by atoms with van der Waals surface area (Å²) in [4.78, 5) is 26.6. The highest BCUT2D eigenvalue weighted by Gasteiger charge is 2.07. The first-order chi connectivity index (χ1) is 8.13. The maximum absolute atomic E-state index is 11.6. The number of nitrogens with zero attached hydrogens (tertiary/aromatic N) is 1. The number of pyridine rings is 1. The van der Waals surface area contributed by atoms with Crippen molar-refractivity contribution in [1.29, 1.82) is 0 Å². The number of hydrogen-bond donors (Lipinski definition) is 1. The van der Waals surface area contributed by atoms with Crippen LogP contribution in [0, 0.1) is 6.92 Å². The zero-order chi connectivity index (χ0) is 12.7. The van der Waals surface area contributed by atoms with Gasteiger partial charge in [0.05, 0.1) is 18.6 Å². The van der Waals surface area contributed by atoms with E-state index in [1.165, 1.54) is 6.20 Å². The van der Waals surface area contributed by atoms with Crippen LogP contribution in [0.15, 0.2) is 18.5 Å². The van der Waals surface area contributed by atoms with Gasteiger partial charge in [0.2, 0.25) is 0 Å². The molecule has 0 bridgehead atoms. The van der Waals surface area contributed by atoms with Crippen molar-refractivity contribution in [2.45, 2.75) is 20.3 Å². The van der Waals surface area contributed by atoms with Gasteiger partial charge in [-0.05, 0) is 25.5 Å². The van der Waals surface area contributed by atoms with Gasteiger partial charge in [-0.25, -0.2) is 0 Å². The quantitative estimate of drug-likeness (QED) is 0.776. The average molecular weight is 236 g/mol. The van der Waals surface area contributed by atoms with Crippen LogP contribution in [0.5, 0.6) is 0 Å². The van der Waals surface area contributed by atoms with E-state index in [0.717, 1.165) is 5.56 Å². The van der Waals surface area contributed by atoms with Gasteiger partial charge >= 0.3 is 5.97 Å². The molecule has 1 heterocycles. The Balaban J connectivity index is 2.38. The fraction of sp³-hybridized carbons (Fsp3) is 0.417. The van der Waals surface area contributed by atoms with Gasteiger partial charge in [-0.2, -0.15) is 0 Å². The van der Waals surface area contributed by atoms with Crippen LogP contribution in [0.25, 0.3) is 0 Å². The number of carbonyl (C=O) groups excluding carboxylic acids is 2. The third-order valence-corrected chi connectivity index (χ3v) is 2.06. The van der Waals surface area contributed by atoms with Crippen molar-refractivity contribution in [3.05, 3.63) is 29.6 Å². The summed E-state index contributed by atoms with van der Waals surface area (Å²) in [6.45, 7) is 4.23. The van der Waals surface area contributed by atoms with E-state index in [1.807, 2.05) is 6.92 Å². The monoisotopic (exact) mass is 236 g/mol. The van der Waals surface area contributed by atoms with Gasteiger partial charge in [0.1, 0.15) is 0 Å². The summed E-state index contributed by atoms with van der Waals surface area (Å²) in [6.07, 6.45) is 3.35. The van der Waals surface area contributed by atoms with Gasteiger partial charge in [-0.3, -0.25) is 14.6 Å². The Hall–Kier alpha value is -1.91. The number of hydrogen-bond acceptors (Lipinski definition) is 4. The number of rotatable bonds is 5. The zero-order valence-electron chi connectivity index (χ0n) is 10.0. The minimum Gasteiger partial charge on any atom is -0.466 e. The highest BCUT2D eigenvalue weighted by atomic mass is 16.5. The minimum absolute atomic E-state index is 0.179.